The lowest BCUT2D eigenvalue weighted by Crippen LogP contribution is -2.46. The Bertz CT molecular complexity index is 411. The van der Waals surface area contributed by atoms with Crippen LogP contribution in [0.15, 0.2) is 24.3 Å². The van der Waals surface area contributed by atoms with Gasteiger partial charge in [0, 0.05) is 38.3 Å². The zero-order chi connectivity index (χ0) is 13.7. The summed E-state index contributed by atoms with van der Waals surface area (Å²) in [4.78, 5) is 15.6. The first-order valence-electron chi connectivity index (χ1n) is 6.87. The monoisotopic (exact) mass is 264 g/mol. The Morgan fingerprint density at radius 1 is 1.16 bits per heavy atom. The molecule has 0 amide bonds. The van der Waals surface area contributed by atoms with Gasteiger partial charge in [0.15, 0.2) is 0 Å². The first-order valence-corrected chi connectivity index (χ1v) is 6.87. The maximum Gasteiger partial charge on any atom is 0.129 e. The summed E-state index contributed by atoms with van der Waals surface area (Å²) >= 11 is 0. The van der Waals surface area contributed by atoms with Crippen molar-refractivity contribution in [2.45, 2.75) is 19.8 Å². The molecule has 0 unspecified atom stereocenters. The number of piperazine rings is 1. The van der Waals surface area contributed by atoms with Crippen molar-refractivity contribution in [3.63, 3.8) is 0 Å². The van der Waals surface area contributed by atoms with Crippen LogP contribution in [-0.2, 0) is 4.79 Å². The minimum absolute atomic E-state index is 0.188. The average molecular weight is 264 g/mol. The van der Waals surface area contributed by atoms with Crippen LogP contribution in [0.2, 0.25) is 0 Å². The lowest BCUT2D eigenvalue weighted by molar-refractivity contribution is -0.117. The van der Waals surface area contributed by atoms with Crippen molar-refractivity contribution in [2.75, 3.05) is 37.6 Å². The van der Waals surface area contributed by atoms with E-state index in [1.54, 1.807) is 6.92 Å². The maximum atomic E-state index is 12.9. The number of rotatable bonds is 5. The topological polar surface area (TPSA) is 23.6 Å². The largest absolute Gasteiger partial charge is 0.369 e. The van der Waals surface area contributed by atoms with Gasteiger partial charge in [-0.05, 0) is 44.2 Å². The molecule has 1 aromatic rings. The SMILES string of the molecule is CC(=O)CCCN1CCN(c2ccc(F)cc2)CC1. The van der Waals surface area contributed by atoms with Crippen molar-refractivity contribution in [1.82, 2.24) is 4.90 Å². The van der Waals surface area contributed by atoms with Gasteiger partial charge in [-0.25, -0.2) is 4.39 Å². The summed E-state index contributed by atoms with van der Waals surface area (Å²) in [5, 5.41) is 0. The minimum Gasteiger partial charge on any atom is -0.369 e. The third-order valence-electron chi connectivity index (χ3n) is 3.57. The summed E-state index contributed by atoms with van der Waals surface area (Å²) in [6.45, 7) is 6.59. The van der Waals surface area contributed by atoms with Crippen LogP contribution in [-0.4, -0.2) is 43.4 Å². The maximum absolute atomic E-state index is 12.9. The van der Waals surface area contributed by atoms with Crippen molar-refractivity contribution in [3.05, 3.63) is 30.1 Å². The first kappa shape index (κ1) is 14.0. The lowest BCUT2D eigenvalue weighted by Gasteiger charge is -2.36. The quantitative estimate of drug-likeness (QED) is 0.815. The third-order valence-corrected chi connectivity index (χ3v) is 3.57. The van der Waals surface area contributed by atoms with Crippen molar-refractivity contribution < 1.29 is 9.18 Å². The Kier molecular flexibility index (Phi) is 4.91. The molecule has 2 rings (SSSR count). The Balaban J connectivity index is 1.76. The van der Waals surface area contributed by atoms with Crippen molar-refractivity contribution in [1.29, 1.82) is 0 Å². The van der Waals surface area contributed by atoms with Crippen molar-refractivity contribution >= 4 is 11.5 Å². The highest BCUT2D eigenvalue weighted by Crippen LogP contribution is 2.17. The average Bonchev–Trinajstić information content (AvgIpc) is 2.40. The van der Waals surface area contributed by atoms with Crippen LogP contribution in [0, 0.1) is 5.82 Å². The van der Waals surface area contributed by atoms with Gasteiger partial charge in [-0.3, -0.25) is 4.90 Å². The molecule has 0 aromatic heterocycles. The predicted molar refractivity (Wildman–Crippen MR) is 75.0 cm³/mol. The molecule has 0 bridgehead atoms. The highest BCUT2D eigenvalue weighted by Gasteiger charge is 2.16. The molecule has 19 heavy (non-hydrogen) atoms. The molecule has 1 aromatic carbocycles. The van der Waals surface area contributed by atoms with E-state index in [0.717, 1.165) is 44.8 Å². The van der Waals surface area contributed by atoms with Gasteiger partial charge in [0.05, 0.1) is 0 Å². The molecule has 0 atom stereocenters. The number of hydrogen-bond acceptors (Lipinski definition) is 3. The number of carbonyl (C=O) groups is 1. The van der Waals surface area contributed by atoms with E-state index < -0.39 is 0 Å². The molecule has 0 radical (unpaired) electrons. The standard InChI is InChI=1S/C15H21FN2O/c1-13(19)3-2-8-17-9-11-18(12-10-17)15-6-4-14(16)5-7-15/h4-7H,2-3,8-12H2,1H3. The fraction of sp³-hybridized carbons (Fsp3) is 0.533. The van der Waals surface area contributed by atoms with Crippen LogP contribution in [0.3, 0.4) is 0 Å². The second-order valence-electron chi connectivity index (χ2n) is 5.11. The first-order chi connectivity index (χ1) is 9.15. The fourth-order valence-electron chi connectivity index (χ4n) is 2.43. The van der Waals surface area contributed by atoms with Crippen LogP contribution >= 0.6 is 0 Å². The van der Waals surface area contributed by atoms with Crippen molar-refractivity contribution in [2.24, 2.45) is 0 Å². The second kappa shape index (κ2) is 6.66. The molecular weight excluding hydrogens is 243 g/mol. The molecule has 1 aliphatic heterocycles. The number of nitrogens with zero attached hydrogens (tertiary/aromatic N) is 2. The smallest absolute Gasteiger partial charge is 0.129 e. The van der Waals surface area contributed by atoms with E-state index in [1.165, 1.54) is 12.1 Å². The molecule has 0 saturated carbocycles. The summed E-state index contributed by atoms with van der Waals surface area (Å²) in [6, 6.07) is 6.69. The van der Waals surface area contributed by atoms with E-state index in [0.29, 0.717) is 6.42 Å². The molecule has 1 saturated heterocycles. The Morgan fingerprint density at radius 2 is 1.79 bits per heavy atom. The minimum atomic E-state index is -0.188. The normalized spacial score (nSPS) is 16.6. The molecule has 104 valence electrons. The van der Waals surface area contributed by atoms with Crippen LogP contribution in [0.25, 0.3) is 0 Å². The molecule has 1 heterocycles. The number of anilines is 1. The summed E-state index contributed by atoms with van der Waals surface area (Å²) < 4.78 is 12.9. The van der Waals surface area contributed by atoms with Gasteiger partial charge in [-0.15, -0.1) is 0 Å². The van der Waals surface area contributed by atoms with Crippen LogP contribution in [0.4, 0.5) is 10.1 Å². The van der Waals surface area contributed by atoms with Gasteiger partial charge < -0.3 is 9.69 Å². The van der Waals surface area contributed by atoms with Gasteiger partial charge in [0.2, 0.25) is 0 Å². The van der Waals surface area contributed by atoms with E-state index in [2.05, 4.69) is 9.80 Å². The number of carbonyl (C=O) groups excluding carboxylic acids is 1. The predicted octanol–water partition coefficient (Wildman–Crippen LogP) is 2.32. The van der Waals surface area contributed by atoms with Gasteiger partial charge in [-0.1, -0.05) is 0 Å². The molecule has 0 spiro atoms. The number of halogens is 1. The number of ketones is 1. The Morgan fingerprint density at radius 3 is 2.37 bits per heavy atom. The summed E-state index contributed by atoms with van der Waals surface area (Å²) in [6.07, 6.45) is 1.63. The summed E-state index contributed by atoms with van der Waals surface area (Å²) in [7, 11) is 0. The number of Topliss-reactive ketones (excluding diaryl/α,β-unsaturated/α-hetero) is 1. The molecular formula is C15H21FN2O. The highest BCUT2D eigenvalue weighted by atomic mass is 19.1. The molecule has 0 N–H and O–H groups in total. The zero-order valence-electron chi connectivity index (χ0n) is 11.4. The molecule has 1 aliphatic rings. The third kappa shape index (κ3) is 4.31. The number of benzene rings is 1. The molecule has 3 nitrogen and oxygen atoms in total. The van der Waals surface area contributed by atoms with E-state index in [1.807, 2.05) is 12.1 Å². The van der Waals surface area contributed by atoms with E-state index >= 15 is 0 Å². The van der Waals surface area contributed by atoms with Gasteiger partial charge in [0.1, 0.15) is 11.6 Å². The summed E-state index contributed by atoms with van der Waals surface area (Å²) in [5.41, 5.74) is 1.09. The molecule has 1 fully saturated rings. The van der Waals surface area contributed by atoms with Crippen LogP contribution in [0.1, 0.15) is 19.8 Å². The van der Waals surface area contributed by atoms with E-state index in [9.17, 15) is 9.18 Å². The van der Waals surface area contributed by atoms with E-state index in [-0.39, 0.29) is 11.6 Å². The van der Waals surface area contributed by atoms with Crippen molar-refractivity contribution in [3.8, 4) is 0 Å². The Labute approximate surface area is 114 Å². The van der Waals surface area contributed by atoms with Crippen LogP contribution < -0.4 is 4.90 Å². The second-order valence-corrected chi connectivity index (χ2v) is 5.11. The Hall–Kier alpha value is -1.42. The van der Waals surface area contributed by atoms with Gasteiger partial charge in [0.25, 0.3) is 0 Å². The number of hydrogen-bond donors (Lipinski definition) is 0. The zero-order valence-corrected chi connectivity index (χ0v) is 11.4. The van der Waals surface area contributed by atoms with Crippen LogP contribution in [0.5, 0.6) is 0 Å². The summed E-state index contributed by atoms with van der Waals surface area (Å²) in [5.74, 6) is 0.0802. The van der Waals surface area contributed by atoms with Gasteiger partial charge in [-0.2, -0.15) is 0 Å². The molecule has 0 aliphatic carbocycles. The van der Waals surface area contributed by atoms with E-state index in [4.69, 9.17) is 0 Å². The highest BCUT2D eigenvalue weighted by molar-refractivity contribution is 5.75. The van der Waals surface area contributed by atoms with Gasteiger partial charge >= 0.3 is 0 Å². The molecule has 4 heteroatoms. The lowest BCUT2D eigenvalue weighted by atomic mass is 10.2. The fourth-order valence-corrected chi connectivity index (χ4v) is 2.43.